The van der Waals surface area contributed by atoms with Crippen molar-refractivity contribution in [3.05, 3.63) is 23.0 Å². The number of nitrogens with two attached hydrogens (primary N) is 1. The number of aryl methyl sites for hydroxylation is 2. The van der Waals surface area contributed by atoms with Crippen molar-refractivity contribution in [2.45, 2.75) is 39.2 Å². The normalized spacial score (nSPS) is 21.9. The Kier molecular flexibility index (Phi) is 3.63. The first-order chi connectivity index (χ1) is 10.1. The number of pyridine rings is 1. The number of hydrogen-bond acceptors (Lipinski definition) is 5. The first-order valence-electron chi connectivity index (χ1n) is 7.34. The summed E-state index contributed by atoms with van der Waals surface area (Å²) in [6.45, 7) is 4.27. The molecular weight excluding hydrogens is 268 g/mol. The molecule has 0 bridgehead atoms. The first kappa shape index (κ1) is 14.0. The van der Waals surface area contributed by atoms with Gasteiger partial charge in [-0.3, -0.25) is 4.79 Å². The molecule has 3 rings (SSSR count). The molecule has 1 saturated carbocycles. The van der Waals surface area contributed by atoms with Crippen LogP contribution in [-0.2, 0) is 0 Å². The van der Waals surface area contributed by atoms with E-state index in [0.717, 1.165) is 25.0 Å². The highest BCUT2D eigenvalue weighted by Gasteiger charge is 2.28. The van der Waals surface area contributed by atoms with Gasteiger partial charge in [-0.1, -0.05) is 11.6 Å². The predicted molar refractivity (Wildman–Crippen MR) is 78.9 cm³/mol. The lowest BCUT2D eigenvalue weighted by atomic mass is 10.0. The van der Waals surface area contributed by atoms with E-state index in [1.807, 2.05) is 13.8 Å². The van der Waals surface area contributed by atoms with Crippen molar-refractivity contribution >= 4 is 17.0 Å². The third-order valence-corrected chi connectivity index (χ3v) is 4.27. The Morgan fingerprint density at radius 1 is 1.48 bits per heavy atom. The molecule has 2 aromatic rings. The van der Waals surface area contributed by atoms with Crippen LogP contribution in [0.4, 0.5) is 0 Å². The number of hydrogen-bond donors (Lipinski definition) is 2. The molecule has 112 valence electrons. The van der Waals surface area contributed by atoms with E-state index in [2.05, 4.69) is 15.5 Å². The second-order valence-electron chi connectivity index (χ2n) is 5.77. The molecule has 2 unspecified atom stereocenters. The number of rotatable bonds is 3. The van der Waals surface area contributed by atoms with Gasteiger partial charge in [0.05, 0.1) is 16.6 Å². The minimum Gasteiger partial charge on any atom is -0.349 e. The maximum Gasteiger partial charge on any atom is 0.258 e. The second kappa shape index (κ2) is 5.44. The number of nitrogens with zero attached hydrogens (tertiary/aromatic N) is 2. The minimum atomic E-state index is -0.0952. The van der Waals surface area contributed by atoms with Gasteiger partial charge in [-0.05, 0) is 45.2 Å². The van der Waals surface area contributed by atoms with Crippen LogP contribution < -0.4 is 11.1 Å². The van der Waals surface area contributed by atoms with Crippen LogP contribution in [0.25, 0.3) is 11.1 Å². The molecule has 1 amide bonds. The third-order valence-electron chi connectivity index (χ3n) is 4.27. The zero-order valence-corrected chi connectivity index (χ0v) is 12.3. The summed E-state index contributed by atoms with van der Waals surface area (Å²) in [6.07, 6.45) is 3.19. The Bertz CT molecular complexity index is 680. The quantitative estimate of drug-likeness (QED) is 0.896. The number of carbonyl (C=O) groups excluding carboxylic acids is 1. The van der Waals surface area contributed by atoms with Crippen LogP contribution in [0.1, 0.15) is 41.0 Å². The maximum atomic E-state index is 12.6. The zero-order valence-electron chi connectivity index (χ0n) is 12.3. The van der Waals surface area contributed by atoms with Crippen molar-refractivity contribution in [3.63, 3.8) is 0 Å². The van der Waals surface area contributed by atoms with E-state index in [4.69, 9.17) is 10.3 Å². The van der Waals surface area contributed by atoms with E-state index in [1.165, 1.54) is 0 Å². The van der Waals surface area contributed by atoms with Gasteiger partial charge in [0.15, 0.2) is 0 Å². The van der Waals surface area contributed by atoms with E-state index >= 15 is 0 Å². The average Bonchev–Trinajstić information content (AvgIpc) is 3.05. The standard InChI is InChI=1S/C15H20N4O2/c1-8-6-11(13-9(2)19-21-15(13)17-8)14(20)18-12-5-3-4-10(12)7-16/h6,10,12H,3-5,7,16H2,1-2H3,(H,18,20). The van der Waals surface area contributed by atoms with E-state index < -0.39 is 0 Å². The SMILES string of the molecule is Cc1cc(C(=O)NC2CCCC2CN)c2c(C)noc2n1. The molecule has 0 spiro atoms. The van der Waals surface area contributed by atoms with Gasteiger partial charge in [0, 0.05) is 11.7 Å². The van der Waals surface area contributed by atoms with Crippen LogP contribution in [0, 0.1) is 19.8 Å². The number of carbonyl (C=O) groups is 1. The first-order valence-corrected chi connectivity index (χ1v) is 7.34. The number of aromatic nitrogens is 2. The Morgan fingerprint density at radius 2 is 2.29 bits per heavy atom. The van der Waals surface area contributed by atoms with E-state index in [1.54, 1.807) is 6.07 Å². The van der Waals surface area contributed by atoms with Crippen LogP contribution in [0.15, 0.2) is 10.6 Å². The molecule has 1 fully saturated rings. The van der Waals surface area contributed by atoms with Crippen LogP contribution in [-0.4, -0.2) is 28.6 Å². The van der Waals surface area contributed by atoms with Crippen LogP contribution >= 0.6 is 0 Å². The van der Waals surface area contributed by atoms with Gasteiger partial charge in [0.2, 0.25) is 0 Å². The molecule has 0 radical (unpaired) electrons. The largest absolute Gasteiger partial charge is 0.349 e. The summed E-state index contributed by atoms with van der Waals surface area (Å²) in [7, 11) is 0. The Labute approximate surface area is 123 Å². The van der Waals surface area contributed by atoms with Crippen LogP contribution in [0.2, 0.25) is 0 Å². The molecule has 0 aromatic carbocycles. The molecule has 0 aliphatic heterocycles. The fraction of sp³-hybridized carbons (Fsp3) is 0.533. The van der Waals surface area contributed by atoms with Crippen LogP contribution in [0.5, 0.6) is 0 Å². The predicted octanol–water partition coefficient (Wildman–Crippen LogP) is 1.70. The molecule has 2 atom stereocenters. The topological polar surface area (TPSA) is 94.0 Å². The van der Waals surface area contributed by atoms with E-state index in [-0.39, 0.29) is 11.9 Å². The number of fused-ring (bicyclic) bond motifs is 1. The number of amides is 1. The monoisotopic (exact) mass is 288 g/mol. The van der Waals surface area contributed by atoms with Gasteiger partial charge < -0.3 is 15.6 Å². The van der Waals surface area contributed by atoms with Crippen molar-refractivity contribution < 1.29 is 9.32 Å². The lowest BCUT2D eigenvalue weighted by Crippen LogP contribution is -2.40. The molecular formula is C15H20N4O2. The molecule has 1 aliphatic rings. The molecule has 1 aliphatic carbocycles. The van der Waals surface area contributed by atoms with E-state index in [0.29, 0.717) is 34.8 Å². The Morgan fingerprint density at radius 3 is 3.05 bits per heavy atom. The van der Waals surface area contributed by atoms with Gasteiger partial charge in [0.1, 0.15) is 0 Å². The third kappa shape index (κ3) is 2.51. The van der Waals surface area contributed by atoms with Crippen LogP contribution in [0.3, 0.4) is 0 Å². The lowest BCUT2D eigenvalue weighted by Gasteiger charge is -2.19. The summed E-state index contributed by atoms with van der Waals surface area (Å²) >= 11 is 0. The minimum absolute atomic E-state index is 0.0952. The zero-order chi connectivity index (χ0) is 15.0. The summed E-state index contributed by atoms with van der Waals surface area (Å²) < 4.78 is 5.17. The lowest BCUT2D eigenvalue weighted by molar-refractivity contribution is 0.0930. The molecule has 0 saturated heterocycles. The Balaban J connectivity index is 1.92. The van der Waals surface area contributed by atoms with Gasteiger partial charge in [-0.25, -0.2) is 4.98 Å². The number of nitrogens with one attached hydrogen (secondary N) is 1. The van der Waals surface area contributed by atoms with Gasteiger partial charge in [-0.2, -0.15) is 0 Å². The molecule has 6 nitrogen and oxygen atoms in total. The smallest absolute Gasteiger partial charge is 0.258 e. The fourth-order valence-corrected chi connectivity index (χ4v) is 3.15. The molecule has 2 heterocycles. The van der Waals surface area contributed by atoms with Crippen molar-refractivity contribution in [2.24, 2.45) is 11.7 Å². The summed E-state index contributed by atoms with van der Waals surface area (Å²) in [5.41, 5.74) is 8.20. The summed E-state index contributed by atoms with van der Waals surface area (Å²) in [5.74, 6) is 0.276. The van der Waals surface area contributed by atoms with Gasteiger partial charge >= 0.3 is 0 Å². The molecule has 3 N–H and O–H groups in total. The van der Waals surface area contributed by atoms with Gasteiger partial charge in [-0.15, -0.1) is 0 Å². The summed E-state index contributed by atoms with van der Waals surface area (Å²) in [5, 5.41) is 7.72. The van der Waals surface area contributed by atoms with Crippen molar-refractivity contribution in [2.75, 3.05) is 6.54 Å². The fourth-order valence-electron chi connectivity index (χ4n) is 3.15. The summed E-state index contributed by atoms with van der Waals surface area (Å²) in [6, 6.07) is 1.94. The molecule has 6 heteroatoms. The molecule has 2 aromatic heterocycles. The van der Waals surface area contributed by atoms with Crippen molar-refractivity contribution in [1.82, 2.24) is 15.5 Å². The maximum absolute atomic E-state index is 12.6. The second-order valence-corrected chi connectivity index (χ2v) is 5.77. The highest BCUT2D eigenvalue weighted by atomic mass is 16.5. The highest BCUT2D eigenvalue weighted by molar-refractivity contribution is 6.06. The average molecular weight is 288 g/mol. The summed E-state index contributed by atoms with van der Waals surface area (Å²) in [4.78, 5) is 16.9. The molecule has 21 heavy (non-hydrogen) atoms. The van der Waals surface area contributed by atoms with E-state index in [9.17, 15) is 4.79 Å². The van der Waals surface area contributed by atoms with Crippen molar-refractivity contribution in [1.29, 1.82) is 0 Å². The van der Waals surface area contributed by atoms with Crippen molar-refractivity contribution in [3.8, 4) is 0 Å². The highest BCUT2D eigenvalue weighted by Crippen LogP contribution is 2.26. The Hall–Kier alpha value is -1.95. The van der Waals surface area contributed by atoms with Gasteiger partial charge in [0.25, 0.3) is 11.6 Å².